The molecule has 11 heavy (non-hydrogen) atoms. The molecule has 2 atom stereocenters. The first kappa shape index (κ1) is 5.46. The number of aromatic nitrogens is 3. The van der Waals surface area contributed by atoms with E-state index in [0.29, 0.717) is 11.7 Å². The van der Waals surface area contributed by atoms with Crippen LogP contribution in [0.2, 0.25) is 0 Å². The number of carbonyl (C=O) groups excluding carboxylic acids is 1. The van der Waals surface area contributed by atoms with Crippen molar-refractivity contribution >= 4 is 6.29 Å². The molecule has 0 unspecified atom stereocenters. The van der Waals surface area contributed by atoms with Crippen LogP contribution in [0.15, 0.2) is 0 Å². The maximum atomic E-state index is 10.4. The van der Waals surface area contributed by atoms with Crippen LogP contribution in [0.25, 0.3) is 0 Å². The predicted octanol–water partition coefficient (Wildman–Crippen LogP) is 0.208. The highest BCUT2D eigenvalue weighted by atomic mass is 16.1. The highest BCUT2D eigenvalue weighted by Crippen LogP contribution is 2.52. The third-order valence-electron chi connectivity index (χ3n) is 2.58. The Morgan fingerprint density at radius 2 is 2.45 bits per heavy atom. The summed E-state index contributed by atoms with van der Waals surface area (Å²) in [4.78, 5) is 10.4. The standard InChI is InChI=1S/C7H7N3O/c11-3-6-8-9-7-5-1-4(5)2-10(6)7/h3-5H,1-2H2/t4-,5-/m0/s1. The largest absolute Gasteiger partial charge is 0.308 e. The molecule has 1 aromatic rings. The molecule has 4 heteroatoms. The molecule has 0 N–H and O–H groups in total. The average molecular weight is 149 g/mol. The van der Waals surface area contributed by atoms with E-state index in [4.69, 9.17) is 0 Å². The molecule has 0 amide bonds. The summed E-state index contributed by atoms with van der Waals surface area (Å²) in [5, 5.41) is 7.75. The second-order valence-corrected chi connectivity index (χ2v) is 3.25. The second kappa shape index (κ2) is 1.52. The van der Waals surface area contributed by atoms with Gasteiger partial charge in [0, 0.05) is 12.5 Å². The number of carbonyl (C=O) groups is 1. The Morgan fingerprint density at radius 1 is 1.55 bits per heavy atom. The Bertz CT molecular complexity index is 330. The van der Waals surface area contributed by atoms with Gasteiger partial charge in [0.25, 0.3) is 0 Å². The maximum Gasteiger partial charge on any atom is 0.196 e. The van der Waals surface area contributed by atoms with Gasteiger partial charge in [0.15, 0.2) is 12.1 Å². The van der Waals surface area contributed by atoms with Crippen molar-refractivity contribution in [2.75, 3.05) is 0 Å². The molecule has 56 valence electrons. The fraction of sp³-hybridized carbons (Fsp3) is 0.571. The number of aldehydes is 1. The molecule has 1 fully saturated rings. The van der Waals surface area contributed by atoms with E-state index in [0.717, 1.165) is 24.6 Å². The highest BCUT2D eigenvalue weighted by Gasteiger charge is 2.48. The van der Waals surface area contributed by atoms with Crippen molar-refractivity contribution in [3.8, 4) is 0 Å². The minimum atomic E-state index is 0.493. The van der Waals surface area contributed by atoms with Gasteiger partial charge in [-0.25, -0.2) is 0 Å². The van der Waals surface area contributed by atoms with Crippen molar-refractivity contribution in [3.63, 3.8) is 0 Å². The zero-order chi connectivity index (χ0) is 7.42. The number of fused-ring (bicyclic) bond motifs is 3. The Kier molecular flexibility index (Phi) is 0.754. The van der Waals surface area contributed by atoms with Crippen LogP contribution in [0.1, 0.15) is 28.8 Å². The Hall–Kier alpha value is -1.19. The van der Waals surface area contributed by atoms with Gasteiger partial charge in [0.1, 0.15) is 5.82 Å². The van der Waals surface area contributed by atoms with Gasteiger partial charge in [0.05, 0.1) is 0 Å². The lowest BCUT2D eigenvalue weighted by Crippen LogP contribution is -2.02. The second-order valence-electron chi connectivity index (χ2n) is 3.25. The lowest BCUT2D eigenvalue weighted by molar-refractivity contribution is 0.111. The number of nitrogens with zero attached hydrogens (tertiary/aromatic N) is 3. The molecular formula is C7H7N3O. The zero-order valence-corrected chi connectivity index (χ0v) is 5.90. The summed E-state index contributed by atoms with van der Waals surface area (Å²) in [6, 6.07) is 0. The molecule has 1 aliphatic heterocycles. The first-order valence-electron chi connectivity index (χ1n) is 3.78. The van der Waals surface area contributed by atoms with Crippen LogP contribution in [-0.4, -0.2) is 21.1 Å². The Balaban J connectivity index is 2.19. The van der Waals surface area contributed by atoms with Gasteiger partial charge in [-0.1, -0.05) is 0 Å². The van der Waals surface area contributed by atoms with Gasteiger partial charge >= 0.3 is 0 Å². The Morgan fingerprint density at radius 3 is 3.27 bits per heavy atom. The van der Waals surface area contributed by atoms with Crippen LogP contribution in [0.5, 0.6) is 0 Å². The molecule has 0 radical (unpaired) electrons. The number of hydrogen-bond donors (Lipinski definition) is 0. The molecule has 2 aliphatic rings. The van der Waals surface area contributed by atoms with Crippen molar-refractivity contribution in [1.82, 2.24) is 14.8 Å². The average Bonchev–Trinajstić information content (AvgIpc) is 2.55. The molecule has 1 aromatic heterocycles. The fourth-order valence-electron chi connectivity index (χ4n) is 1.88. The maximum absolute atomic E-state index is 10.4. The smallest absolute Gasteiger partial charge is 0.196 e. The molecule has 3 rings (SSSR count). The van der Waals surface area contributed by atoms with E-state index in [1.54, 1.807) is 0 Å². The Labute approximate surface area is 63.2 Å². The van der Waals surface area contributed by atoms with Gasteiger partial charge in [-0.2, -0.15) is 0 Å². The minimum absolute atomic E-state index is 0.493. The highest BCUT2D eigenvalue weighted by molar-refractivity contribution is 5.69. The SMILES string of the molecule is O=Cc1nnc2n1C[C@@H]1C[C@H]21. The van der Waals surface area contributed by atoms with Crippen LogP contribution in [0.3, 0.4) is 0 Å². The summed E-state index contributed by atoms with van der Waals surface area (Å²) >= 11 is 0. The van der Waals surface area contributed by atoms with E-state index in [1.165, 1.54) is 6.42 Å². The molecule has 0 spiro atoms. The third-order valence-corrected chi connectivity index (χ3v) is 2.58. The van der Waals surface area contributed by atoms with Crippen molar-refractivity contribution in [2.24, 2.45) is 5.92 Å². The summed E-state index contributed by atoms with van der Waals surface area (Å²) in [5.41, 5.74) is 0. The molecular weight excluding hydrogens is 142 g/mol. The van der Waals surface area contributed by atoms with Gasteiger partial charge in [-0.3, -0.25) is 4.79 Å². The van der Waals surface area contributed by atoms with Gasteiger partial charge < -0.3 is 4.57 Å². The van der Waals surface area contributed by atoms with Gasteiger partial charge in [-0.15, -0.1) is 10.2 Å². The van der Waals surface area contributed by atoms with E-state index < -0.39 is 0 Å². The molecule has 0 saturated heterocycles. The van der Waals surface area contributed by atoms with Gasteiger partial charge in [-0.05, 0) is 12.3 Å². The first-order valence-corrected chi connectivity index (χ1v) is 3.78. The minimum Gasteiger partial charge on any atom is -0.308 e. The quantitative estimate of drug-likeness (QED) is 0.536. The van der Waals surface area contributed by atoms with E-state index in [9.17, 15) is 4.79 Å². The first-order chi connectivity index (χ1) is 5.40. The van der Waals surface area contributed by atoms with Crippen molar-refractivity contribution < 1.29 is 4.79 Å². The molecule has 1 aliphatic carbocycles. The summed E-state index contributed by atoms with van der Waals surface area (Å²) in [6.45, 7) is 0.959. The van der Waals surface area contributed by atoms with E-state index in [-0.39, 0.29) is 0 Å². The normalized spacial score (nSPS) is 31.3. The molecule has 0 aromatic carbocycles. The summed E-state index contributed by atoms with van der Waals surface area (Å²) in [7, 11) is 0. The van der Waals surface area contributed by atoms with E-state index in [2.05, 4.69) is 10.2 Å². The fourth-order valence-corrected chi connectivity index (χ4v) is 1.88. The molecule has 1 saturated carbocycles. The lowest BCUT2D eigenvalue weighted by Gasteiger charge is -1.97. The van der Waals surface area contributed by atoms with Crippen LogP contribution in [0.4, 0.5) is 0 Å². The van der Waals surface area contributed by atoms with E-state index >= 15 is 0 Å². The van der Waals surface area contributed by atoms with Crippen LogP contribution in [-0.2, 0) is 6.54 Å². The zero-order valence-electron chi connectivity index (χ0n) is 5.90. The molecule has 0 bridgehead atoms. The topological polar surface area (TPSA) is 47.8 Å². The van der Waals surface area contributed by atoms with Crippen LogP contribution < -0.4 is 0 Å². The monoisotopic (exact) mass is 149 g/mol. The number of hydrogen-bond acceptors (Lipinski definition) is 3. The van der Waals surface area contributed by atoms with E-state index in [1.807, 2.05) is 4.57 Å². The predicted molar refractivity (Wildman–Crippen MR) is 36.3 cm³/mol. The van der Waals surface area contributed by atoms with Crippen molar-refractivity contribution in [3.05, 3.63) is 11.6 Å². The summed E-state index contributed by atoms with van der Waals surface area (Å²) in [5.74, 6) is 2.90. The number of rotatable bonds is 1. The lowest BCUT2D eigenvalue weighted by atomic mass is 10.4. The molecule has 2 heterocycles. The van der Waals surface area contributed by atoms with Crippen molar-refractivity contribution in [2.45, 2.75) is 18.9 Å². The van der Waals surface area contributed by atoms with Crippen LogP contribution >= 0.6 is 0 Å². The summed E-state index contributed by atoms with van der Waals surface area (Å²) in [6.07, 6.45) is 2.03. The van der Waals surface area contributed by atoms with Crippen molar-refractivity contribution in [1.29, 1.82) is 0 Å². The molecule has 4 nitrogen and oxygen atoms in total. The van der Waals surface area contributed by atoms with Gasteiger partial charge in [0.2, 0.25) is 0 Å². The summed E-state index contributed by atoms with van der Waals surface area (Å²) < 4.78 is 1.94. The van der Waals surface area contributed by atoms with Crippen LogP contribution in [0, 0.1) is 5.92 Å². The third kappa shape index (κ3) is 0.528.